The molecule has 13 heteroatoms. The summed E-state index contributed by atoms with van der Waals surface area (Å²) in [6.07, 6.45) is 8.29. The molecule has 0 aliphatic heterocycles. The van der Waals surface area contributed by atoms with Gasteiger partial charge >= 0.3 is 35.9 Å². The quantitative estimate of drug-likeness (QED) is 0.0617. The molecule has 0 fully saturated rings. The van der Waals surface area contributed by atoms with Crippen LogP contribution >= 0.6 is 0 Å². The maximum atomic E-state index is 10.7. The van der Waals surface area contributed by atoms with Crippen molar-refractivity contribution in [2.24, 2.45) is 29.6 Å². The molecule has 6 unspecified atom stereocenters. The molecular weight excluding hydrogens is 710 g/mol. The second-order valence-corrected chi connectivity index (χ2v) is 11.6. The predicted octanol–water partition coefficient (Wildman–Crippen LogP) is 11.1. The number of amides is 1. The van der Waals surface area contributed by atoms with Gasteiger partial charge < -0.3 is 29.5 Å². The lowest BCUT2D eigenvalue weighted by Gasteiger charge is -2.08. The molecule has 6 atom stereocenters. The van der Waals surface area contributed by atoms with Gasteiger partial charge in [-0.15, -0.1) is 0 Å². The number of nitrogens with one attached hydrogen (secondary N) is 1. The summed E-state index contributed by atoms with van der Waals surface area (Å²) in [6.45, 7) is 33.5. The Kier molecular flexibility index (Phi) is 74.6. The molecule has 0 saturated heterocycles. The van der Waals surface area contributed by atoms with Gasteiger partial charge in [-0.1, -0.05) is 138 Å². The Morgan fingerprint density at radius 1 is 0.527 bits per heavy atom. The van der Waals surface area contributed by atoms with Crippen LogP contribution in [-0.2, 0) is 38.2 Å². The fraction of sp³-hybridized carbons (Fsp3) is 0.714. The van der Waals surface area contributed by atoms with Gasteiger partial charge in [0.15, 0.2) is 0 Å². The summed E-state index contributed by atoms with van der Waals surface area (Å²) in [5, 5.41) is 26.9. The van der Waals surface area contributed by atoms with Crippen LogP contribution in [0.25, 0.3) is 0 Å². The lowest BCUT2D eigenvalue weighted by atomic mass is 10.1. The van der Waals surface area contributed by atoms with Crippen molar-refractivity contribution in [3.05, 3.63) is 38.1 Å². The van der Waals surface area contributed by atoms with Gasteiger partial charge in [0.2, 0.25) is 0 Å². The third kappa shape index (κ3) is 68.4. The summed E-state index contributed by atoms with van der Waals surface area (Å²) in [5.74, 6) is -2.47. The van der Waals surface area contributed by atoms with Crippen LogP contribution in [-0.4, -0.2) is 70.6 Å². The van der Waals surface area contributed by atoms with Gasteiger partial charge in [-0.3, -0.25) is 19.7 Å². The van der Waals surface area contributed by atoms with Gasteiger partial charge in [-0.05, 0) is 50.6 Å². The number of hydrogen-bond donors (Lipinski definition) is 4. The van der Waals surface area contributed by atoms with Crippen molar-refractivity contribution in [1.29, 1.82) is 0 Å². The molecule has 0 bridgehead atoms. The lowest BCUT2D eigenvalue weighted by molar-refractivity contribution is -0.143. The molecule has 55 heavy (non-hydrogen) atoms. The van der Waals surface area contributed by atoms with Gasteiger partial charge in [-0.2, -0.15) is 0 Å². The molecule has 0 aromatic heterocycles. The minimum Gasteiger partial charge on any atom is -0.481 e. The van der Waals surface area contributed by atoms with E-state index in [1.54, 1.807) is 20.8 Å². The first kappa shape index (κ1) is 75.7. The molecule has 0 saturated carbocycles. The molecule has 0 radical (unpaired) electrons. The second-order valence-electron chi connectivity index (χ2n) is 11.6. The number of carboxylic acid groups (broad SMARTS) is 3. The Morgan fingerprint density at radius 2 is 0.836 bits per heavy atom. The summed E-state index contributed by atoms with van der Waals surface area (Å²) < 4.78 is 14.4. The molecule has 13 nitrogen and oxygen atoms in total. The zero-order chi connectivity index (χ0) is 41.5. The van der Waals surface area contributed by atoms with E-state index in [4.69, 9.17) is 29.5 Å². The van der Waals surface area contributed by atoms with Gasteiger partial charge in [0, 0.05) is 12.2 Å². The lowest BCUT2D eigenvalue weighted by Crippen LogP contribution is -2.20. The van der Waals surface area contributed by atoms with Crippen molar-refractivity contribution in [2.75, 3.05) is 13.2 Å². The molecule has 0 spiro atoms. The number of esters is 2. The van der Waals surface area contributed by atoms with E-state index >= 15 is 0 Å². The molecule has 0 heterocycles. The Morgan fingerprint density at radius 3 is 1.04 bits per heavy atom. The molecule has 0 aromatic carbocycles. The Labute approximate surface area is 337 Å². The van der Waals surface area contributed by atoms with Gasteiger partial charge in [0.25, 0.3) is 0 Å². The van der Waals surface area contributed by atoms with Crippen molar-refractivity contribution in [3.63, 3.8) is 0 Å². The van der Waals surface area contributed by atoms with Crippen LogP contribution in [0.5, 0.6) is 0 Å². The first-order chi connectivity index (χ1) is 23.6. The molecule has 4 N–H and O–H groups in total. The standard InChI is InChI=1S/C8H15NO2.C8H14O2.C7H12O2.3C5H10O2.4CH4/c1-4-7(3)6-11-8(10)9-5-2;1-4-7(3)6-10-8(9)5-2;1-4-6(3)9-7(8)5-2;3*1-3-4(2)5(6)7;;;;/h5,7H,2,4,6H2,1,3H3,(H,9,10);5,7H,2,4,6H2,1,3H3;5-6H,2,4H2,1,3H3;3*4H,3H2,1-2H3,(H,6,7);4*1H4. The maximum absolute atomic E-state index is 10.7. The number of aliphatic carboxylic acids is 3. The Hall–Kier alpha value is -4.16. The minimum absolute atomic E-state index is 0. The SMILES string of the molecule is C.C.C.C.C=CC(=O)OC(C)CC.C=CC(=O)OCC(C)CC.C=CNC(=O)OCC(C)CC.CCC(C)C(=O)O.CCC(C)C(=O)O.CCC(C)C(=O)O. The average molecular weight is 798 g/mol. The number of hydrogen-bond acceptors (Lipinski definition) is 9. The fourth-order valence-corrected chi connectivity index (χ4v) is 1.72. The number of carboxylic acids is 3. The van der Waals surface area contributed by atoms with Gasteiger partial charge in [0.05, 0.1) is 37.1 Å². The summed E-state index contributed by atoms with van der Waals surface area (Å²) in [5.41, 5.74) is 0. The third-order valence-electron chi connectivity index (χ3n) is 6.95. The molecule has 1 amide bonds. The van der Waals surface area contributed by atoms with Crippen molar-refractivity contribution in [1.82, 2.24) is 5.32 Å². The van der Waals surface area contributed by atoms with Gasteiger partial charge in [0.1, 0.15) is 0 Å². The molecule has 332 valence electrons. The highest BCUT2D eigenvalue weighted by atomic mass is 16.6. The third-order valence-corrected chi connectivity index (χ3v) is 6.95. The van der Waals surface area contributed by atoms with Crippen LogP contribution in [0.1, 0.15) is 151 Å². The number of rotatable bonds is 17. The molecular formula is C42H87NO12. The average Bonchev–Trinajstić information content (AvgIpc) is 3.12. The highest BCUT2D eigenvalue weighted by molar-refractivity contribution is 5.81. The van der Waals surface area contributed by atoms with Crippen LogP contribution in [0.15, 0.2) is 38.1 Å². The first-order valence-corrected chi connectivity index (χ1v) is 17.5. The largest absolute Gasteiger partial charge is 0.481 e. The summed E-state index contributed by atoms with van der Waals surface area (Å²) in [7, 11) is 0. The van der Waals surface area contributed by atoms with Crippen LogP contribution in [0.4, 0.5) is 4.79 Å². The topological polar surface area (TPSA) is 203 Å². The second kappa shape index (κ2) is 54.2. The zero-order valence-corrected chi connectivity index (χ0v) is 33.5. The van der Waals surface area contributed by atoms with Crippen molar-refractivity contribution in [3.8, 4) is 0 Å². The van der Waals surface area contributed by atoms with Crippen LogP contribution in [0, 0.1) is 29.6 Å². The Bertz CT molecular complexity index is 905. The van der Waals surface area contributed by atoms with Crippen molar-refractivity contribution >= 4 is 35.9 Å². The minimum atomic E-state index is -0.706. The number of ether oxygens (including phenoxy) is 3. The maximum Gasteiger partial charge on any atom is 0.411 e. The molecule has 0 aliphatic rings. The normalized spacial score (nSPS) is 11.7. The van der Waals surface area contributed by atoms with E-state index in [2.05, 4.69) is 38.9 Å². The molecule has 0 rings (SSSR count). The van der Waals surface area contributed by atoms with E-state index in [1.165, 1.54) is 18.4 Å². The van der Waals surface area contributed by atoms with Crippen LogP contribution in [0.3, 0.4) is 0 Å². The summed E-state index contributed by atoms with van der Waals surface area (Å²) >= 11 is 0. The number of carbonyl (C=O) groups is 6. The highest BCUT2D eigenvalue weighted by Gasteiger charge is 2.07. The zero-order valence-electron chi connectivity index (χ0n) is 33.5. The van der Waals surface area contributed by atoms with E-state index in [1.807, 2.05) is 48.5 Å². The van der Waals surface area contributed by atoms with Crippen LogP contribution in [0.2, 0.25) is 0 Å². The number of alkyl carbamates (subject to hydrolysis) is 1. The number of carbonyl (C=O) groups excluding carboxylic acids is 3. The summed E-state index contributed by atoms with van der Waals surface area (Å²) in [4.78, 5) is 61.4. The Balaban J connectivity index is -0.0000000549. The molecule has 0 aliphatic carbocycles. The van der Waals surface area contributed by atoms with Gasteiger partial charge in [-0.25, -0.2) is 14.4 Å². The first-order valence-electron chi connectivity index (χ1n) is 17.5. The predicted molar refractivity (Wildman–Crippen MR) is 229 cm³/mol. The monoisotopic (exact) mass is 798 g/mol. The van der Waals surface area contributed by atoms with E-state index < -0.39 is 24.0 Å². The fourth-order valence-electron chi connectivity index (χ4n) is 1.72. The molecule has 0 aromatic rings. The van der Waals surface area contributed by atoms with Crippen LogP contribution < -0.4 is 5.32 Å². The smallest absolute Gasteiger partial charge is 0.411 e. The summed E-state index contributed by atoms with van der Waals surface area (Å²) in [6, 6.07) is 0. The van der Waals surface area contributed by atoms with Crippen molar-refractivity contribution in [2.45, 2.75) is 157 Å². The van der Waals surface area contributed by atoms with E-state index in [-0.39, 0.29) is 65.5 Å². The van der Waals surface area contributed by atoms with E-state index in [0.29, 0.717) is 25.0 Å². The van der Waals surface area contributed by atoms with E-state index in [9.17, 15) is 28.8 Å². The van der Waals surface area contributed by atoms with E-state index in [0.717, 1.165) is 38.5 Å². The van der Waals surface area contributed by atoms with Crippen molar-refractivity contribution < 1.29 is 58.3 Å². The highest BCUT2D eigenvalue weighted by Crippen LogP contribution is 2.02.